The summed E-state index contributed by atoms with van der Waals surface area (Å²) in [4.78, 5) is 11.0. The van der Waals surface area contributed by atoms with Gasteiger partial charge in [0.15, 0.2) is 0 Å². The molecular formula is C18H12ClF3N2O2. The Morgan fingerprint density at radius 3 is 2.54 bits per heavy atom. The smallest absolute Gasteiger partial charge is 0.419 e. The van der Waals surface area contributed by atoms with Gasteiger partial charge in [-0.1, -0.05) is 23.7 Å². The minimum absolute atomic E-state index is 0.197. The fourth-order valence-electron chi connectivity index (χ4n) is 2.33. The molecule has 1 heterocycles. The van der Waals surface area contributed by atoms with Gasteiger partial charge in [0.25, 0.3) is 5.56 Å². The molecular weight excluding hydrogens is 369 g/mol. The van der Waals surface area contributed by atoms with Gasteiger partial charge in [-0.25, -0.2) is 5.10 Å². The van der Waals surface area contributed by atoms with Gasteiger partial charge in [-0.2, -0.15) is 18.3 Å². The van der Waals surface area contributed by atoms with Crippen molar-refractivity contribution in [1.29, 1.82) is 0 Å². The Bertz CT molecular complexity index is 966. The average molecular weight is 381 g/mol. The summed E-state index contributed by atoms with van der Waals surface area (Å²) in [5.41, 5.74) is -0.186. The molecule has 0 bridgehead atoms. The first-order valence-electron chi connectivity index (χ1n) is 7.49. The number of ether oxygens (including phenoxy) is 1. The molecule has 26 heavy (non-hydrogen) atoms. The maximum atomic E-state index is 13.3. The van der Waals surface area contributed by atoms with Crippen molar-refractivity contribution >= 4 is 11.6 Å². The molecule has 0 spiro atoms. The van der Waals surface area contributed by atoms with Gasteiger partial charge in [-0.05, 0) is 42.0 Å². The van der Waals surface area contributed by atoms with Crippen molar-refractivity contribution in [2.24, 2.45) is 0 Å². The molecule has 0 saturated heterocycles. The summed E-state index contributed by atoms with van der Waals surface area (Å²) in [5.74, 6) is -0.135. The highest BCUT2D eigenvalue weighted by atomic mass is 35.5. The van der Waals surface area contributed by atoms with Crippen LogP contribution in [0.25, 0.3) is 0 Å². The van der Waals surface area contributed by atoms with Crippen molar-refractivity contribution in [2.75, 3.05) is 0 Å². The molecule has 0 saturated carbocycles. The molecule has 3 rings (SSSR count). The van der Waals surface area contributed by atoms with Gasteiger partial charge < -0.3 is 4.74 Å². The van der Waals surface area contributed by atoms with Crippen molar-refractivity contribution < 1.29 is 17.9 Å². The lowest BCUT2D eigenvalue weighted by Gasteiger charge is -2.15. The van der Waals surface area contributed by atoms with E-state index in [4.69, 9.17) is 16.3 Å². The van der Waals surface area contributed by atoms with Crippen LogP contribution in [0, 0.1) is 0 Å². The standard InChI is InChI=1S/C18H12ClF3N2O2/c19-12-2-1-3-14(10-12)26-16-9-11(4-6-15(16)18(20,21)22)8-13-5-7-17(25)24-23-13/h1-7,9-10H,8H2,(H,24,25). The van der Waals surface area contributed by atoms with Crippen LogP contribution in [0.2, 0.25) is 5.02 Å². The normalized spacial score (nSPS) is 11.4. The number of nitrogens with one attached hydrogen (secondary N) is 1. The first kappa shape index (κ1) is 18.0. The Morgan fingerprint density at radius 2 is 1.88 bits per heavy atom. The van der Waals surface area contributed by atoms with Crippen LogP contribution >= 0.6 is 11.6 Å². The molecule has 134 valence electrons. The van der Waals surface area contributed by atoms with Crippen molar-refractivity contribution in [3.63, 3.8) is 0 Å². The van der Waals surface area contributed by atoms with Crippen molar-refractivity contribution in [3.05, 3.63) is 86.8 Å². The number of nitrogens with zero attached hydrogens (tertiary/aromatic N) is 1. The summed E-state index contributed by atoms with van der Waals surface area (Å²) in [7, 11) is 0. The van der Waals surface area contributed by atoms with E-state index >= 15 is 0 Å². The second kappa shape index (κ2) is 7.21. The number of benzene rings is 2. The zero-order valence-electron chi connectivity index (χ0n) is 13.2. The Kier molecular flexibility index (Phi) is 4.99. The van der Waals surface area contributed by atoms with Crippen LogP contribution in [0.15, 0.2) is 59.4 Å². The van der Waals surface area contributed by atoms with Crippen LogP contribution in [-0.2, 0) is 12.6 Å². The number of halogens is 4. The summed E-state index contributed by atoms with van der Waals surface area (Å²) in [6.07, 6.45) is -4.33. The van der Waals surface area contributed by atoms with Gasteiger partial charge in [0.2, 0.25) is 0 Å². The molecule has 8 heteroatoms. The van der Waals surface area contributed by atoms with E-state index in [1.807, 2.05) is 0 Å². The second-order valence-electron chi connectivity index (χ2n) is 5.48. The molecule has 1 aromatic heterocycles. The number of aromatic nitrogens is 2. The Morgan fingerprint density at radius 1 is 1.08 bits per heavy atom. The van der Waals surface area contributed by atoms with E-state index in [-0.39, 0.29) is 23.5 Å². The average Bonchev–Trinajstić information content (AvgIpc) is 2.56. The van der Waals surface area contributed by atoms with Gasteiger partial charge in [0.1, 0.15) is 11.5 Å². The van der Waals surface area contributed by atoms with E-state index in [0.717, 1.165) is 6.07 Å². The third kappa shape index (κ3) is 4.43. The van der Waals surface area contributed by atoms with Crippen LogP contribution < -0.4 is 10.3 Å². The Hall–Kier alpha value is -2.80. The highest BCUT2D eigenvalue weighted by molar-refractivity contribution is 6.30. The molecule has 1 N–H and O–H groups in total. The molecule has 0 amide bonds. The molecule has 0 aliphatic rings. The van der Waals surface area contributed by atoms with Crippen LogP contribution in [0.5, 0.6) is 11.5 Å². The van der Waals surface area contributed by atoms with Crippen molar-refractivity contribution in [2.45, 2.75) is 12.6 Å². The van der Waals surface area contributed by atoms with Crippen LogP contribution in [0.4, 0.5) is 13.2 Å². The molecule has 0 unspecified atom stereocenters. The predicted molar refractivity (Wildman–Crippen MR) is 90.6 cm³/mol. The van der Waals surface area contributed by atoms with Crippen molar-refractivity contribution in [1.82, 2.24) is 10.2 Å². The maximum Gasteiger partial charge on any atom is 0.419 e. The maximum absolute atomic E-state index is 13.3. The Labute approximate surface area is 151 Å². The van der Waals surface area contributed by atoms with E-state index in [1.165, 1.54) is 36.4 Å². The third-order valence-corrected chi connectivity index (χ3v) is 3.73. The molecule has 3 aromatic rings. The number of H-pyrrole nitrogens is 1. The summed E-state index contributed by atoms with van der Waals surface area (Å²) in [6.45, 7) is 0. The van der Waals surface area contributed by atoms with Crippen LogP contribution in [0.1, 0.15) is 16.8 Å². The monoisotopic (exact) mass is 380 g/mol. The zero-order chi connectivity index (χ0) is 18.7. The highest BCUT2D eigenvalue weighted by Gasteiger charge is 2.34. The third-order valence-electron chi connectivity index (χ3n) is 3.50. The summed E-state index contributed by atoms with van der Waals surface area (Å²) < 4.78 is 45.3. The first-order valence-corrected chi connectivity index (χ1v) is 7.87. The molecule has 4 nitrogen and oxygen atoms in total. The lowest BCUT2D eigenvalue weighted by molar-refractivity contribution is -0.138. The number of hydrogen-bond donors (Lipinski definition) is 1. The number of rotatable bonds is 4. The zero-order valence-corrected chi connectivity index (χ0v) is 13.9. The number of hydrogen-bond acceptors (Lipinski definition) is 3. The number of alkyl halides is 3. The highest BCUT2D eigenvalue weighted by Crippen LogP contribution is 2.39. The predicted octanol–water partition coefficient (Wildman–Crippen LogP) is 4.83. The van der Waals surface area contributed by atoms with Crippen LogP contribution in [0.3, 0.4) is 0 Å². The van der Waals surface area contributed by atoms with Gasteiger partial charge in [0, 0.05) is 17.5 Å². The fourth-order valence-corrected chi connectivity index (χ4v) is 2.51. The molecule has 0 fully saturated rings. The Balaban J connectivity index is 1.95. The van der Waals surface area contributed by atoms with Crippen molar-refractivity contribution in [3.8, 4) is 11.5 Å². The molecule has 0 radical (unpaired) electrons. The molecule has 0 atom stereocenters. The molecule has 0 aliphatic heterocycles. The SMILES string of the molecule is O=c1ccc(Cc2ccc(C(F)(F)F)c(Oc3cccc(Cl)c3)c2)n[nH]1. The summed E-state index contributed by atoms with van der Waals surface area (Å²) >= 11 is 5.85. The molecule has 0 aliphatic carbocycles. The minimum Gasteiger partial charge on any atom is -0.457 e. The van der Waals surface area contributed by atoms with E-state index < -0.39 is 11.7 Å². The van der Waals surface area contributed by atoms with E-state index in [2.05, 4.69) is 10.2 Å². The van der Waals surface area contributed by atoms with E-state index in [0.29, 0.717) is 16.3 Å². The second-order valence-corrected chi connectivity index (χ2v) is 5.91. The van der Waals surface area contributed by atoms with E-state index in [1.54, 1.807) is 12.1 Å². The topological polar surface area (TPSA) is 55.0 Å². The summed E-state index contributed by atoms with van der Waals surface area (Å²) in [6, 6.07) is 12.5. The van der Waals surface area contributed by atoms with Gasteiger partial charge in [-0.3, -0.25) is 4.79 Å². The summed E-state index contributed by atoms with van der Waals surface area (Å²) in [5, 5.41) is 6.49. The lowest BCUT2D eigenvalue weighted by atomic mass is 10.1. The molecule has 2 aromatic carbocycles. The first-order chi connectivity index (χ1) is 12.3. The van der Waals surface area contributed by atoms with E-state index in [9.17, 15) is 18.0 Å². The van der Waals surface area contributed by atoms with Crippen LogP contribution in [-0.4, -0.2) is 10.2 Å². The fraction of sp³-hybridized carbons (Fsp3) is 0.111. The minimum atomic E-state index is -4.57. The van der Waals surface area contributed by atoms with Gasteiger partial charge in [0.05, 0.1) is 11.3 Å². The lowest BCUT2D eigenvalue weighted by Crippen LogP contribution is -2.09. The van der Waals surface area contributed by atoms with Gasteiger partial charge in [-0.15, -0.1) is 0 Å². The quantitative estimate of drug-likeness (QED) is 0.705. The number of aromatic amines is 1. The largest absolute Gasteiger partial charge is 0.457 e. The van der Waals surface area contributed by atoms with Gasteiger partial charge >= 0.3 is 6.18 Å².